The molecule has 0 spiro atoms. The van der Waals surface area contributed by atoms with E-state index in [1.165, 1.54) is 16.1 Å². The predicted octanol–water partition coefficient (Wildman–Crippen LogP) is 4.25. The zero-order valence-corrected chi connectivity index (χ0v) is 18.3. The summed E-state index contributed by atoms with van der Waals surface area (Å²) in [6.07, 6.45) is 1.36. The van der Waals surface area contributed by atoms with Crippen LogP contribution in [0.4, 0.5) is 5.82 Å². The number of hydrogen-bond donors (Lipinski definition) is 1. The van der Waals surface area contributed by atoms with Crippen LogP contribution in [0.2, 0.25) is 0 Å². The van der Waals surface area contributed by atoms with Gasteiger partial charge in [0.1, 0.15) is 10.7 Å². The highest BCUT2D eigenvalue weighted by Gasteiger charge is 2.21. The number of aromatic nitrogens is 1. The fourth-order valence-electron chi connectivity index (χ4n) is 2.73. The molecule has 0 amide bonds. The molecule has 0 fully saturated rings. The van der Waals surface area contributed by atoms with Gasteiger partial charge >= 0.3 is 0 Å². The number of rotatable bonds is 7. The lowest BCUT2D eigenvalue weighted by Crippen LogP contribution is -2.30. The highest BCUT2D eigenvalue weighted by Crippen LogP contribution is 2.22. The summed E-state index contributed by atoms with van der Waals surface area (Å²) < 4.78 is 26.4. The van der Waals surface area contributed by atoms with Gasteiger partial charge in [-0.1, -0.05) is 58.9 Å². The molecule has 0 saturated heterocycles. The maximum atomic E-state index is 12.5. The molecule has 0 unspecified atom stereocenters. The Morgan fingerprint density at radius 3 is 2.14 bits per heavy atom. The quantitative estimate of drug-likeness (QED) is 0.555. The first-order valence-corrected chi connectivity index (χ1v) is 10.9. The van der Waals surface area contributed by atoms with Gasteiger partial charge in [0, 0.05) is 19.3 Å². The molecule has 0 saturated carbocycles. The molecule has 7 heteroatoms. The highest BCUT2D eigenvalue weighted by atomic mass is 32.2. The fourth-order valence-corrected chi connectivity index (χ4v) is 4.13. The highest BCUT2D eigenvalue weighted by molar-refractivity contribution is 7.89. The lowest BCUT2D eigenvalue weighted by Gasteiger charge is -2.19. The van der Waals surface area contributed by atoms with E-state index in [4.69, 9.17) is 0 Å². The maximum absolute atomic E-state index is 12.5. The summed E-state index contributed by atoms with van der Waals surface area (Å²) in [5.41, 5.74) is 6.11. The first kappa shape index (κ1) is 22.0. The SMILES string of the molecule is CCN(CC)S(=O)(=O)c1ccc(N/N=C(\C)c2ccc(C(C)(C)C)cc2)nc1. The number of nitrogens with zero attached hydrogens (tertiary/aromatic N) is 3. The second-order valence-electron chi connectivity index (χ2n) is 7.60. The van der Waals surface area contributed by atoms with Gasteiger partial charge in [-0.2, -0.15) is 9.41 Å². The standard InChI is InChI=1S/C21H30N4O2S/c1-7-25(8-2)28(26,27)19-13-14-20(22-15-19)24-23-16(3)17-9-11-18(12-10-17)21(4,5)6/h9-15H,7-8H2,1-6H3,(H,22,24)/b23-16+. The number of benzene rings is 1. The summed E-state index contributed by atoms with van der Waals surface area (Å²) in [4.78, 5) is 4.36. The normalized spacial score (nSPS) is 13.0. The van der Waals surface area contributed by atoms with Gasteiger partial charge in [-0.05, 0) is 35.6 Å². The first-order chi connectivity index (χ1) is 13.1. The third-order valence-corrected chi connectivity index (χ3v) is 6.62. The zero-order valence-electron chi connectivity index (χ0n) is 17.5. The van der Waals surface area contributed by atoms with Crippen molar-refractivity contribution < 1.29 is 8.42 Å². The molecule has 1 aromatic carbocycles. The van der Waals surface area contributed by atoms with Gasteiger partial charge in [0.25, 0.3) is 0 Å². The van der Waals surface area contributed by atoms with Gasteiger partial charge in [0.15, 0.2) is 0 Å². The van der Waals surface area contributed by atoms with Crippen LogP contribution in [0.5, 0.6) is 0 Å². The molecule has 28 heavy (non-hydrogen) atoms. The molecule has 0 atom stereocenters. The van der Waals surface area contributed by atoms with Crippen LogP contribution in [-0.4, -0.2) is 36.5 Å². The van der Waals surface area contributed by atoms with Crippen molar-refractivity contribution in [3.63, 3.8) is 0 Å². The van der Waals surface area contributed by atoms with Crippen LogP contribution in [-0.2, 0) is 15.4 Å². The molecule has 0 aliphatic rings. The Morgan fingerprint density at radius 1 is 1.07 bits per heavy atom. The average molecular weight is 403 g/mol. The molecule has 0 aliphatic carbocycles. The van der Waals surface area contributed by atoms with Crippen LogP contribution in [0.15, 0.2) is 52.6 Å². The zero-order chi connectivity index (χ0) is 20.9. The van der Waals surface area contributed by atoms with Gasteiger partial charge in [0.05, 0.1) is 5.71 Å². The molecule has 6 nitrogen and oxygen atoms in total. The van der Waals surface area contributed by atoms with E-state index < -0.39 is 10.0 Å². The van der Waals surface area contributed by atoms with E-state index in [0.717, 1.165) is 11.3 Å². The van der Waals surface area contributed by atoms with Gasteiger partial charge in [0.2, 0.25) is 10.0 Å². The summed E-state index contributed by atoms with van der Waals surface area (Å²) in [6, 6.07) is 11.5. The van der Waals surface area contributed by atoms with Crippen LogP contribution >= 0.6 is 0 Å². The minimum atomic E-state index is -3.50. The monoisotopic (exact) mass is 402 g/mol. The smallest absolute Gasteiger partial charge is 0.244 e. The minimum Gasteiger partial charge on any atom is -0.261 e. The van der Waals surface area contributed by atoms with Crippen LogP contribution in [0, 0.1) is 0 Å². The Bertz CT molecular complexity index is 908. The average Bonchev–Trinajstić information content (AvgIpc) is 2.66. The third-order valence-electron chi connectivity index (χ3n) is 4.59. The molecule has 152 valence electrons. The Balaban J connectivity index is 2.12. The molecule has 2 aromatic rings. The fraction of sp³-hybridized carbons (Fsp3) is 0.429. The molecular weight excluding hydrogens is 372 g/mol. The Labute approximate surface area is 168 Å². The number of sulfonamides is 1. The van der Waals surface area contributed by atoms with Gasteiger partial charge in [-0.3, -0.25) is 5.43 Å². The Hall–Kier alpha value is -2.25. The van der Waals surface area contributed by atoms with E-state index in [0.29, 0.717) is 18.9 Å². The lowest BCUT2D eigenvalue weighted by atomic mass is 9.86. The second-order valence-corrected chi connectivity index (χ2v) is 9.54. The molecule has 2 rings (SSSR count). The molecule has 1 N–H and O–H groups in total. The van der Waals surface area contributed by atoms with Crippen LogP contribution < -0.4 is 5.43 Å². The largest absolute Gasteiger partial charge is 0.261 e. The second kappa shape index (κ2) is 8.84. The molecular formula is C21H30N4O2S. The van der Waals surface area contributed by atoms with Crippen LogP contribution in [0.1, 0.15) is 52.7 Å². The van der Waals surface area contributed by atoms with E-state index in [2.05, 4.69) is 48.4 Å². The summed E-state index contributed by atoms with van der Waals surface area (Å²) >= 11 is 0. The van der Waals surface area contributed by atoms with Crippen molar-refractivity contribution in [2.75, 3.05) is 18.5 Å². The van der Waals surface area contributed by atoms with Crippen molar-refractivity contribution in [1.29, 1.82) is 0 Å². The van der Waals surface area contributed by atoms with Gasteiger partial charge < -0.3 is 0 Å². The summed E-state index contributed by atoms with van der Waals surface area (Å²) in [7, 11) is -3.50. The van der Waals surface area contributed by atoms with Gasteiger partial charge in [-0.15, -0.1) is 0 Å². The van der Waals surface area contributed by atoms with Crippen LogP contribution in [0.25, 0.3) is 0 Å². The van der Waals surface area contributed by atoms with Crippen molar-refractivity contribution in [1.82, 2.24) is 9.29 Å². The van der Waals surface area contributed by atoms with E-state index in [1.54, 1.807) is 12.1 Å². The number of pyridine rings is 1. The lowest BCUT2D eigenvalue weighted by molar-refractivity contribution is 0.445. The van der Waals surface area contributed by atoms with E-state index in [1.807, 2.05) is 32.9 Å². The Morgan fingerprint density at radius 2 is 1.68 bits per heavy atom. The number of hydrazone groups is 1. The summed E-state index contributed by atoms with van der Waals surface area (Å²) in [5, 5.41) is 4.36. The maximum Gasteiger partial charge on any atom is 0.244 e. The van der Waals surface area contributed by atoms with E-state index in [-0.39, 0.29) is 10.3 Å². The predicted molar refractivity (Wildman–Crippen MR) is 115 cm³/mol. The van der Waals surface area contributed by atoms with Crippen LogP contribution in [0.3, 0.4) is 0 Å². The topological polar surface area (TPSA) is 74.7 Å². The van der Waals surface area contributed by atoms with Crippen molar-refractivity contribution >= 4 is 21.6 Å². The number of nitrogens with one attached hydrogen (secondary N) is 1. The third kappa shape index (κ3) is 5.17. The molecule has 1 heterocycles. The summed E-state index contributed by atoms with van der Waals surface area (Å²) in [5.74, 6) is 0.490. The van der Waals surface area contributed by atoms with Gasteiger partial charge in [-0.25, -0.2) is 13.4 Å². The molecule has 0 aliphatic heterocycles. The summed E-state index contributed by atoms with van der Waals surface area (Å²) in [6.45, 7) is 12.9. The van der Waals surface area contributed by atoms with Crippen molar-refractivity contribution in [2.24, 2.45) is 5.10 Å². The first-order valence-electron chi connectivity index (χ1n) is 9.47. The molecule has 0 bridgehead atoms. The van der Waals surface area contributed by atoms with E-state index >= 15 is 0 Å². The van der Waals surface area contributed by atoms with Crippen molar-refractivity contribution in [3.8, 4) is 0 Å². The number of anilines is 1. The Kier molecular flexibility index (Phi) is 6.96. The van der Waals surface area contributed by atoms with Crippen molar-refractivity contribution in [3.05, 3.63) is 53.7 Å². The minimum absolute atomic E-state index is 0.110. The number of hydrogen-bond acceptors (Lipinski definition) is 5. The molecule has 1 aromatic heterocycles. The van der Waals surface area contributed by atoms with Crippen molar-refractivity contribution in [2.45, 2.75) is 51.9 Å². The van der Waals surface area contributed by atoms with E-state index in [9.17, 15) is 8.42 Å². The molecule has 0 radical (unpaired) electrons.